The maximum atomic E-state index is 14.7. The molecule has 2 unspecified atom stereocenters. The summed E-state index contributed by atoms with van der Waals surface area (Å²) < 4.78 is 12.0. The van der Waals surface area contributed by atoms with Gasteiger partial charge in [-0.15, -0.1) is 28.2 Å². The van der Waals surface area contributed by atoms with Crippen molar-refractivity contribution in [2.75, 3.05) is 31.8 Å². The molecule has 3 amide bonds. The van der Waals surface area contributed by atoms with Gasteiger partial charge in [0.1, 0.15) is 35.5 Å². The van der Waals surface area contributed by atoms with Gasteiger partial charge < -0.3 is 30.3 Å². The van der Waals surface area contributed by atoms with E-state index >= 15 is 0 Å². The molecule has 2 aliphatic rings. The second-order valence-corrected chi connectivity index (χ2v) is 19.4. The van der Waals surface area contributed by atoms with Gasteiger partial charge in [-0.05, 0) is 44.9 Å². The largest absolute Gasteiger partial charge is 0.453 e. The van der Waals surface area contributed by atoms with Crippen LogP contribution in [0.1, 0.15) is 39.6 Å². The van der Waals surface area contributed by atoms with Gasteiger partial charge in [0.05, 0.1) is 7.11 Å². The molecule has 4 N–H and O–H groups in total. The van der Waals surface area contributed by atoms with Gasteiger partial charge in [-0.2, -0.15) is 0 Å². The predicted molar refractivity (Wildman–Crippen MR) is 286 cm³/mol. The van der Waals surface area contributed by atoms with Crippen molar-refractivity contribution < 1.29 is 33.5 Å². The number of carbonyl (C=O) groups is 4. The van der Waals surface area contributed by atoms with Crippen molar-refractivity contribution in [1.82, 2.24) is 35.3 Å². The molecule has 2 aromatic heterocycles. The topological polar surface area (TPSA) is 228 Å². The number of aromatic amines is 1. The van der Waals surface area contributed by atoms with Crippen molar-refractivity contribution in [2.24, 2.45) is 5.16 Å². The molecule has 9 rings (SSSR count). The van der Waals surface area contributed by atoms with Crippen LogP contribution in [0.15, 0.2) is 200 Å². The van der Waals surface area contributed by atoms with Gasteiger partial charge in [-0.3, -0.25) is 28.6 Å². The van der Waals surface area contributed by atoms with Crippen LogP contribution in [-0.2, 0) is 40.8 Å². The van der Waals surface area contributed by atoms with E-state index in [0.29, 0.717) is 21.8 Å². The van der Waals surface area contributed by atoms with Crippen LogP contribution in [0.5, 0.6) is 0 Å². The summed E-state index contributed by atoms with van der Waals surface area (Å²) in [5.41, 5.74) is 1.78. The number of rotatable bonds is 19. The lowest BCUT2D eigenvalue weighted by Crippen LogP contribution is -2.71. The molecule has 1 saturated heterocycles. The molecule has 1 fully saturated rings. The summed E-state index contributed by atoms with van der Waals surface area (Å²) in [6.45, 7) is -0.157. The Kier molecular flexibility index (Phi) is 16.1. The lowest BCUT2D eigenvalue weighted by Gasteiger charge is -2.49. The Balaban J connectivity index is 0.997. The van der Waals surface area contributed by atoms with Gasteiger partial charge in [-0.1, -0.05) is 169 Å². The molecule has 380 valence electrons. The summed E-state index contributed by atoms with van der Waals surface area (Å²) in [5, 5.41) is 22.4. The van der Waals surface area contributed by atoms with Crippen LogP contribution in [0.3, 0.4) is 0 Å². The molecule has 18 nitrogen and oxygen atoms in total. The standard InChI is InChI=1S/C54H47N9O9S3/c1-70-53(69)55-29-30-62-48(67)46(65)59-60-52(62)73-31-28-36-32-74-49-42(47(66)63(49)43(36)50(68)72-44(34-18-8-3-9-19-34)35-20-10-4-11-21-35)57-45(64)41(61-71-2)40-33-75-51(56-40)58-54(37-22-12-5-13-23-37,38-24-14-6-15-25-38)39-26-16-7-17-27-39/h3-28,31,33,42,44,49H,29-30,32H2,1-2H3,(H,55,69)(H,56,58)(H,57,64)(H,59,65). The first kappa shape index (κ1) is 51.4. The second kappa shape index (κ2) is 23.6. The number of H-pyrrole nitrogens is 1. The number of β-lactam (4-membered cyclic amide) rings is 1. The van der Waals surface area contributed by atoms with E-state index in [4.69, 9.17) is 14.6 Å². The fourth-order valence-electron chi connectivity index (χ4n) is 8.62. The van der Waals surface area contributed by atoms with Crippen LogP contribution in [-0.4, -0.2) is 92.2 Å². The van der Waals surface area contributed by atoms with Crippen LogP contribution >= 0.6 is 34.9 Å². The number of hydrogen-bond acceptors (Lipinski definition) is 16. The third-order valence-corrected chi connectivity index (χ3v) is 15.0. The van der Waals surface area contributed by atoms with E-state index < -0.39 is 58.1 Å². The quantitative estimate of drug-likeness (QED) is 0.0124. The van der Waals surface area contributed by atoms with E-state index in [0.717, 1.165) is 33.0 Å². The summed E-state index contributed by atoms with van der Waals surface area (Å²) in [4.78, 5) is 91.8. The van der Waals surface area contributed by atoms with Gasteiger partial charge in [0.25, 0.3) is 11.8 Å². The molecule has 2 aliphatic heterocycles. The van der Waals surface area contributed by atoms with Crippen LogP contribution in [0.2, 0.25) is 0 Å². The first-order valence-electron chi connectivity index (χ1n) is 23.3. The van der Waals surface area contributed by atoms with Crippen molar-refractivity contribution >= 4 is 69.6 Å². The molecule has 2 atom stereocenters. The zero-order chi connectivity index (χ0) is 52.3. The number of anilines is 1. The highest BCUT2D eigenvalue weighted by molar-refractivity contribution is 8.02. The fraction of sp³-hybridized carbons (Fsp3) is 0.167. The maximum absolute atomic E-state index is 14.7. The maximum Gasteiger partial charge on any atom is 0.406 e. The van der Waals surface area contributed by atoms with E-state index in [1.165, 1.54) is 42.2 Å². The number of methoxy groups -OCH3 is 1. The smallest absolute Gasteiger partial charge is 0.406 e. The minimum Gasteiger partial charge on any atom is -0.453 e. The number of ether oxygens (including phenoxy) is 2. The zero-order valence-electron chi connectivity index (χ0n) is 40.2. The summed E-state index contributed by atoms with van der Waals surface area (Å²) in [6.07, 6.45) is 0.00319. The molecular weight excluding hydrogens is 1010 g/mol. The zero-order valence-corrected chi connectivity index (χ0v) is 42.6. The summed E-state index contributed by atoms with van der Waals surface area (Å²) in [5.74, 6) is -1.97. The molecule has 0 radical (unpaired) electrons. The average molecular weight is 1060 g/mol. The van der Waals surface area contributed by atoms with E-state index in [-0.39, 0.29) is 41.1 Å². The minimum absolute atomic E-state index is 0.0489. The van der Waals surface area contributed by atoms with Crippen molar-refractivity contribution in [3.63, 3.8) is 0 Å². The van der Waals surface area contributed by atoms with Crippen molar-refractivity contribution in [1.29, 1.82) is 0 Å². The number of benzene rings is 5. The highest BCUT2D eigenvalue weighted by Gasteiger charge is 2.55. The number of nitrogens with zero attached hydrogens (tertiary/aromatic N) is 5. The monoisotopic (exact) mass is 1060 g/mol. The number of hydrogen-bond donors (Lipinski definition) is 4. The number of allylic oxidation sites excluding steroid dienone is 1. The normalized spacial score (nSPS) is 15.5. The van der Waals surface area contributed by atoms with Crippen LogP contribution < -0.4 is 27.1 Å². The second-order valence-electron chi connectivity index (χ2n) is 16.6. The number of thiazole rings is 1. The first-order valence-corrected chi connectivity index (χ1v) is 26.1. The molecule has 0 aliphatic carbocycles. The third kappa shape index (κ3) is 11.1. The van der Waals surface area contributed by atoms with Gasteiger partial charge in [0, 0.05) is 24.2 Å². The highest BCUT2D eigenvalue weighted by Crippen LogP contribution is 2.43. The lowest BCUT2D eigenvalue weighted by molar-refractivity contribution is -0.154. The molecule has 0 bridgehead atoms. The van der Waals surface area contributed by atoms with E-state index in [1.807, 2.05) is 152 Å². The Labute approximate surface area is 441 Å². The molecule has 21 heteroatoms. The Morgan fingerprint density at radius 2 is 1.41 bits per heavy atom. The van der Waals surface area contributed by atoms with Crippen molar-refractivity contribution in [2.45, 2.75) is 34.8 Å². The van der Waals surface area contributed by atoms with E-state index in [9.17, 15) is 28.8 Å². The first-order chi connectivity index (χ1) is 36.6. The lowest BCUT2D eigenvalue weighted by atomic mass is 9.77. The van der Waals surface area contributed by atoms with Crippen molar-refractivity contribution in [3.8, 4) is 0 Å². The van der Waals surface area contributed by atoms with Gasteiger partial charge in [-0.25, -0.2) is 19.7 Å². The molecule has 4 heterocycles. The third-order valence-electron chi connectivity index (χ3n) is 12.1. The van der Waals surface area contributed by atoms with Gasteiger partial charge in [0.15, 0.2) is 22.1 Å². The summed E-state index contributed by atoms with van der Waals surface area (Å²) in [7, 11) is 2.50. The minimum atomic E-state index is -1.11. The molecule has 5 aromatic carbocycles. The van der Waals surface area contributed by atoms with Crippen molar-refractivity contribution in [3.05, 3.63) is 234 Å². The van der Waals surface area contributed by atoms with Crippen LogP contribution in [0.4, 0.5) is 9.93 Å². The Bertz CT molecular complexity index is 3260. The average Bonchev–Trinajstić information content (AvgIpc) is 3.92. The fourth-order valence-corrected chi connectivity index (χ4v) is 11.4. The Morgan fingerprint density at radius 3 is 1.97 bits per heavy atom. The van der Waals surface area contributed by atoms with Gasteiger partial charge in [0.2, 0.25) is 0 Å². The number of amides is 3. The van der Waals surface area contributed by atoms with E-state index in [2.05, 4.69) is 36.0 Å². The van der Waals surface area contributed by atoms with Crippen LogP contribution in [0, 0.1) is 0 Å². The molecule has 7 aromatic rings. The SMILES string of the molecule is CON=C(C(=O)NC1C(=O)N2C(C(=O)OC(c3ccccc3)c3ccccc3)=C(C=CSc3n[nH]c(=O)c(=O)n3CCNC(=O)OC)CSC12)c1csc(NC(c2ccccc2)(c2ccccc2)c2ccccc2)n1. The number of thioether (sulfide) groups is 2. The Morgan fingerprint density at radius 1 is 0.840 bits per heavy atom. The molecule has 0 saturated carbocycles. The summed E-state index contributed by atoms with van der Waals surface area (Å²) in [6, 6.07) is 47.2. The number of fused-ring (bicyclic) bond motifs is 1. The molecule has 0 spiro atoms. The Hall–Kier alpha value is -8.53. The number of alkyl carbamates (subject to hydrolysis) is 1. The molecular formula is C54H47N9O9S3. The van der Waals surface area contributed by atoms with Gasteiger partial charge >= 0.3 is 23.2 Å². The number of nitrogens with one attached hydrogen (secondary N) is 4. The molecule has 75 heavy (non-hydrogen) atoms. The number of aromatic nitrogens is 4. The summed E-state index contributed by atoms with van der Waals surface area (Å²) >= 11 is 3.52. The number of oxime groups is 1. The highest BCUT2D eigenvalue weighted by atomic mass is 32.2. The predicted octanol–water partition coefficient (Wildman–Crippen LogP) is 6.79. The number of carbonyl (C=O) groups excluding carboxylic acids is 4. The van der Waals surface area contributed by atoms with Crippen LogP contribution in [0.25, 0.3) is 0 Å². The number of esters is 1. The van der Waals surface area contributed by atoms with E-state index in [1.54, 1.807) is 16.9 Å².